The fourth-order valence-corrected chi connectivity index (χ4v) is 3.58. The molecule has 1 saturated heterocycles. The Hall–Kier alpha value is -2.70. The van der Waals surface area contributed by atoms with E-state index in [2.05, 4.69) is 9.72 Å². The number of hydrogen-bond donors (Lipinski definition) is 0. The van der Waals surface area contributed by atoms with E-state index in [0.29, 0.717) is 6.42 Å². The zero-order valence-electron chi connectivity index (χ0n) is 17.8. The minimum atomic E-state index is -5.16. The fraction of sp³-hybridized carbons (Fsp3) is 0.571. The molecule has 1 aromatic heterocycles. The molecule has 170 valence electrons. The van der Waals surface area contributed by atoms with Crippen LogP contribution in [0.2, 0.25) is 0 Å². The van der Waals surface area contributed by atoms with Crippen molar-refractivity contribution in [2.45, 2.75) is 53.1 Å². The van der Waals surface area contributed by atoms with E-state index in [-0.39, 0.29) is 30.3 Å². The van der Waals surface area contributed by atoms with E-state index in [9.17, 15) is 32.0 Å². The van der Waals surface area contributed by atoms with Crippen LogP contribution in [0.25, 0.3) is 5.57 Å². The Labute approximate surface area is 176 Å². The maximum absolute atomic E-state index is 14.0. The molecule has 0 aromatic carbocycles. The maximum Gasteiger partial charge on any atom is 0.434 e. The van der Waals surface area contributed by atoms with E-state index in [1.807, 2.05) is 0 Å². The highest BCUT2D eigenvalue weighted by atomic mass is 19.4. The van der Waals surface area contributed by atoms with Crippen LogP contribution >= 0.6 is 0 Å². The van der Waals surface area contributed by atoms with Gasteiger partial charge in [0.2, 0.25) is 0 Å². The van der Waals surface area contributed by atoms with Gasteiger partial charge >= 0.3 is 12.1 Å². The van der Waals surface area contributed by atoms with Crippen LogP contribution in [0.15, 0.2) is 5.76 Å². The van der Waals surface area contributed by atoms with Crippen molar-refractivity contribution in [2.75, 3.05) is 13.7 Å². The number of allylic oxidation sites excluding steroid dienone is 2. The Morgan fingerprint density at radius 1 is 1.29 bits per heavy atom. The molecule has 1 aliphatic heterocycles. The number of ether oxygens (including phenoxy) is 2. The summed E-state index contributed by atoms with van der Waals surface area (Å²) in [5.74, 6) is -1.58. The van der Waals surface area contributed by atoms with E-state index in [0.717, 1.165) is 7.11 Å². The number of nitrogens with zero attached hydrogens (tertiary/aromatic N) is 2. The first-order valence-corrected chi connectivity index (χ1v) is 9.54. The Kier molecular flexibility index (Phi) is 6.98. The average Bonchev–Trinajstić information content (AvgIpc) is 2.99. The molecule has 1 aliphatic rings. The monoisotopic (exact) mass is 446 g/mol. The van der Waals surface area contributed by atoms with Gasteiger partial charge in [0.1, 0.15) is 17.5 Å². The van der Waals surface area contributed by atoms with Crippen LogP contribution in [-0.4, -0.2) is 24.7 Å². The summed E-state index contributed by atoms with van der Waals surface area (Å²) < 4.78 is 79.5. The summed E-state index contributed by atoms with van der Waals surface area (Å²) in [5.41, 5.74) is -6.03. The van der Waals surface area contributed by atoms with Crippen molar-refractivity contribution in [1.82, 2.24) is 4.98 Å². The van der Waals surface area contributed by atoms with Gasteiger partial charge in [-0.25, -0.2) is 18.6 Å². The molecule has 0 unspecified atom stereocenters. The second-order valence-electron chi connectivity index (χ2n) is 8.26. The van der Waals surface area contributed by atoms with Crippen molar-refractivity contribution in [3.05, 3.63) is 33.8 Å². The predicted octanol–water partition coefficient (Wildman–Crippen LogP) is 5.70. The van der Waals surface area contributed by atoms with Crippen molar-refractivity contribution >= 4 is 11.5 Å². The Morgan fingerprint density at radius 3 is 2.29 bits per heavy atom. The number of aromatic nitrogens is 1. The summed E-state index contributed by atoms with van der Waals surface area (Å²) in [5, 5.41) is 9.84. The molecular formula is C21H23F5N2O3. The lowest BCUT2D eigenvalue weighted by atomic mass is 9.82. The zero-order valence-corrected chi connectivity index (χ0v) is 17.8. The van der Waals surface area contributed by atoms with Gasteiger partial charge in [0, 0.05) is 11.0 Å². The standard InChI is InChI=1S/C21H23F5N2O3/c1-10(2)8-11-13(12(9-27)17-20(3,4)6-7-31-17)16(21(24,25)26)28-15(18(22)23)14(11)19(29)30-5/h10,18H,6-8H2,1-5H3. The van der Waals surface area contributed by atoms with Gasteiger partial charge in [-0.2, -0.15) is 18.4 Å². The summed E-state index contributed by atoms with van der Waals surface area (Å²) >= 11 is 0. The molecule has 2 heterocycles. The molecule has 2 rings (SSSR count). The van der Waals surface area contributed by atoms with Crippen LogP contribution in [0.5, 0.6) is 0 Å². The number of pyridine rings is 1. The van der Waals surface area contributed by atoms with Gasteiger partial charge in [-0.3, -0.25) is 0 Å². The van der Waals surface area contributed by atoms with Crippen molar-refractivity contribution < 1.29 is 36.2 Å². The number of methoxy groups -OCH3 is 1. The van der Waals surface area contributed by atoms with Crippen LogP contribution in [0.3, 0.4) is 0 Å². The Bertz CT molecular complexity index is 944. The smallest absolute Gasteiger partial charge is 0.434 e. The lowest BCUT2D eigenvalue weighted by Gasteiger charge is -2.24. The molecular weight excluding hydrogens is 423 g/mol. The molecule has 31 heavy (non-hydrogen) atoms. The number of rotatable bonds is 5. The Balaban J connectivity index is 3.15. The van der Waals surface area contributed by atoms with Crippen molar-refractivity contribution in [1.29, 1.82) is 5.26 Å². The van der Waals surface area contributed by atoms with Crippen LogP contribution in [0.1, 0.15) is 73.4 Å². The van der Waals surface area contributed by atoms with Gasteiger partial charge in [-0.1, -0.05) is 27.7 Å². The molecule has 0 aliphatic carbocycles. The first-order chi connectivity index (χ1) is 14.3. The Morgan fingerprint density at radius 2 is 1.90 bits per heavy atom. The minimum absolute atomic E-state index is 0.00733. The van der Waals surface area contributed by atoms with Crippen molar-refractivity contribution in [2.24, 2.45) is 11.3 Å². The zero-order chi connectivity index (χ0) is 23.7. The summed E-state index contributed by atoms with van der Waals surface area (Å²) in [6.07, 6.45) is -8.37. The molecule has 10 heteroatoms. The normalized spacial score (nSPS) is 17.5. The number of nitriles is 1. The molecule has 1 fully saturated rings. The molecule has 0 radical (unpaired) electrons. The first-order valence-electron chi connectivity index (χ1n) is 9.54. The van der Waals surface area contributed by atoms with Gasteiger partial charge in [-0.15, -0.1) is 0 Å². The SMILES string of the molecule is COC(=O)c1c(C(F)F)nc(C(F)(F)F)c(C(C#N)=C2OCCC2(C)C)c1CC(C)C. The van der Waals surface area contributed by atoms with Crippen molar-refractivity contribution in [3.63, 3.8) is 0 Å². The third-order valence-electron chi connectivity index (χ3n) is 4.98. The molecule has 0 amide bonds. The summed E-state index contributed by atoms with van der Waals surface area (Å²) in [6, 6.07) is 1.75. The third kappa shape index (κ3) is 4.81. The second kappa shape index (κ2) is 8.81. The van der Waals surface area contributed by atoms with E-state index in [1.54, 1.807) is 33.8 Å². The number of hydrogen-bond acceptors (Lipinski definition) is 5. The summed E-state index contributed by atoms with van der Waals surface area (Å²) in [4.78, 5) is 15.6. The number of halogens is 5. The van der Waals surface area contributed by atoms with Crippen LogP contribution in [-0.2, 0) is 22.1 Å². The van der Waals surface area contributed by atoms with E-state index in [4.69, 9.17) is 4.74 Å². The van der Waals surface area contributed by atoms with Gasteiger partial charge in [0.25, 0.3) is 6.43 Å². The second-order valence-corrected chi connectivity index (χ2v) is 8.26. The summed E-state index contributed by atoms with van der Waals surface area (Å²) in [6.45, 7) is 6.88. The topological polar surface area (TPSA) is 72.2 Å². The minimum Gasteiger partial charge on any atom is -0.496 e. The van der Waals surface area contributed by atoms with Crippen LogP contribution < -0.4 is 0 Å². The molecule has 0 saturated carbocycles. The molecule has 0 bridgehead atoms. The molecule has 5 nitrogen and oxygen atoms in total. The average molecular weight is 446 g/mol. The number of carbonyl (C=O) groups is 1. The van der Waals surface area contributed by atoms with Gasteiger partial charge in [0.05, 0.1) is 24.9 Å². The molecule has 1 aromatic rings. The number of alkyl halides is 5. The summed E-state index contributed by atoms with van der Waals surface area (Å²) in [7, 11) is 0.931. The van der Waals surface area contributed by atoms with Gasteiger partial charge in [0.15, 0.2) is 5.69 Å². The number of esters is 1. The van der Waals surface area contributed by atoms with Gasteiger partial charge < -0.3 is 9.47 Å². The molecule has 0 spiro atoms. The maximum atomic E-state index is 14.0. The quantitative estimate of drug-likeness (QED) is 0.329. The van der Waals surface area contributed by atoms with Crippen LogP contribution in [0, 0.1) is 22.7 Å². The molecule has 0 atom stereocenters. The van der Waals surface area contributed by atoms with Gasteiger partial charge in [-0.05, 0) is 24.3 Å². The number of carbonyl (C=O) groups excluding carboxylic acids is 1. The fourth-order valence-electron chi connectivity index (χ4n) is 3.58. The molecule has 0 N–H and O–H groups in total. The lowest BCUT2D eigenvalue weighted by Crippen LogP contribution is -2.23. The van der Waals surface area contributed by atoms with Crippen LogP contribution in [0.4, 0.5) is 22.0 Å². The van der Waals surface area contributed by atoms with E-state index in [1.165, 1.54) is 0 Å². The lowest BCUT2D eigenvalue weighted by molar-refractivity contribution is -0.141. The van der Waals surface area contributed by atoms with E-state index < -0.39 is 52.1 Å². The highest BCUT2D eigenvalue weighted by Gasteiger charge is 2.44. The van der Waals surface area contributed by atoms with E-state index >= 15 is 0 Å². The third-order valence-corrected chi connectivity index (χ3v) is 4.98. The predicted molar refractivity (Wildman–Crippen MR) is 101 cm³/mol. The largest absolute Gasteiger partial charge is 0.496 e. The highest BCUT2D eigenvalue weighted by Crippen LogP contribution is 2.46. The first kappa shape index (κ1) is 24.6. The van der Waals surface area contributed by atoms with Crippen molar-refractivity contribution in [3.8, 4) is 6.07 Å². The highest BCUT2D eigenvalue weighted by molar-refractivity contribution is 5.96.